The van der Waals surface area contributed by atoms with Gasteiger partial charge >= 0.3 is 0 Å². The summed E-state index contributed by atoms with van der Waals surface area (Å²) in [5.74, 6) is 0.0460. The van der Waals surface area contributed by atoms with Crippen LogP contribution in [-0.4, -0.2) is 26.1 Å². The van der Waals surface area contributed by atoms with Gasteiger partial charge in [0.15, 0.2) is 0 Å². The van der Waals surface area contributed by atoms with Crippen LogP contribution < -0.4 is 5.32 Å². The van der Waals surface area contributed by atoms with Crippen molar-refractivity contribution in [2.45, 2.75) is 6.54 Å². The summed E-state index contributed by atoms with van der Waals surface area (Å²) in [4.78, 5) is 23.6. The second-order valence-corrected chi connectivity index (χ2v) is 5.28. The molecule has 1 amide bonds. The number of nitroso groups, excluding NO2 is 1. The number of carbonyl (C=O) groups is 1. The van der Waals surface area contributed by atoms with Crippen molar-refractivity contribution in [1.82, 2.24) is 20.2 Å². The van der Waals surface area contributed by atoms with Crippen LogP contribution in [0.15, 0.2) is 53.7 Å². The molecule has 0 saturated carbocycles. The third-order valence-corrected chi connectivity index (χ3v) is 3.31. The fourth-order valence-electron chi connectivity index (χ4n) is 1.99. The Bertz CT molecular complexity index is 878. The van der Waals surface area contributed by atoms with Crippen molar-refractivity contribution < 1.29 is 4.79 Å². The molecule has 24 heavy (non-hydrogen) atoms. The Morgan fingerprint density at radius 2 is 2.00 bits per heavy atom. The number of rotatable bonds is 5. The normalized spacial score (nSPS) is 10.4. The zero-order valence-corrected chi connectivity index (χ0v) is 13.0. The number of nitrogens with zero attached hydrogens (tertiary/aromatic N) is 5. The smallest absolute Gasteiger partial charge is 0.248 e. The van der Waals surface area contributed by atoms with Crippen molar-refractivity contribution in [1.29, 1.82) is 0 Å². The highest BCUT2D eigenvalue weighted by Gasteiger charge is 2.10. The van der Waals surface area contributed by atoms with Gasteiger partial charge in [0.25, 0.3) is 0 Å². The molecule has 0 radical (unpaired) electrons. The molecule has 0 atom stereocenters. The van der Waals surface area contributed by atoms with Gasteiger partial charge in [-0.05, 0) is 52.9 Å². The molecule has 0 fully saturated rings. The first-order valence-corrected chi connectivity index (χ1v) is 7.29. The number of tetrazole rings is 1. The number of hydrogen-bond donors (Lipinski definition) is 1. The van der Waals surface area contributed by atoms with Crippen molar-refractivity contribution in [3.05, 3.63) is 58.5 Å². The molecule has 3 rings (SSSR count). The SMILES string of the molecule is O=Nc1ccc(-c2nnn(CC(=O)Nc3cccc(Cl)c3)n2)cc1. The van der Waals surface area contributed by atoms with E-state index in [1.807, 2.05) is 0 Å². The van der Waals surface area contributed by atoms with E-state index in [4.69, 9.17) is 11.6 Å². The van der Waals surface area contributed by atoms with E-state index < -0.39 is 0 Å². The molecule has 1 N–H and O–H groups in total. The number of halogens is 1. The van der Waals surface area contributed by atoms with E-state index in [9.17, 15) is 9.70 Å². The van der Waals surface area contributed by atoms with Crippen LogP contribution >= 0.6 is 11.6 Å². The van der Waals surface area contributed by atoms with Gasteiger partial charge in [-0.15, -0.1) is 15.1 Å². The van der Waals surface area contributed by atoms with Crippen LogP contribution in [0.5, 0.6) is 0 Å². The molecule has 0 unspecified atom stereocenters. The summed E-state index contributed by atoms with van der Waals surface area (Å²) in [6.07, 6.45) is 0. The van der Waals surface area contributed by atoms with Crippen LogP contribution in [0.2, 0.25) is 5.02 Å². The van der Waals surface area contributed by atoms with Crippen LogP contribution in [0.1, 0.15) is 0 Å². The molecular formula is C15H11ClN6O2. The molecular weight excluding hydrogens is 332 g/mol. The van der Waals surface area contributed by atoms with E-state index in [2.05, 4.69) is 25.9 Å². The van der Waals surface area contributed by atoms with Crippen LogP contribution in [0, 0.1) is 4.91 Å². The number of benzene rings is 2. The first-order chi connectivity index (χ1) is 11.6. The zero-order chi connectivity index (χ0) is 16.9. The molecule has 0 aliphatic heterocycles. The molecule has 0 aliphatic carbocycles. The van der Waals surface area contributed by atoms with Crippen molar-refractivity contribution in [3.8, 4) is 11.4 Å². The first-order valence-electron chi connectivity index (χ1n) is 6.91. The number of amides is 1. The first kappa shape index (κ1) is 15.8. The Kier molecular flexibility index (Phi) is 4.57. The third kappa shape index (κ3) is 3.79. The molecule has 0 aliphatic rings. The zero-order valence-electron chi connectivity index (χ0n) is 12.3. The quantitative estimate of drug-likeness (QED) is 0.718. The molecule has 0 bridgehead atoms. The summed E-state index contributed by atoms with van der Waals surface area (Å²) < 4.78 is 0. The topological polar surface area (TPSA) is 102 Å². The minimum Gasteiger partial charge on any atom is -0.324 e. The summed E-state index contributed by atoms with van der Waals surface area (Å²) in [5, 5.41) is 17.9. The fourth-order valence-corrected chi connectivity index (χ4v) is 2.18. The summed E-state index contributed by atoms with van der Waals surface area (Å²) in [6, 6.07) is 13.2. The maximum Gasteiger partial charge on any atom is 0.248 e. The largest absolute Gasteiger partial charge is 0.324 e. The highest BCUT2D eigenvalue weighted by molar-refractivity contribution is 6.30. The molecule has 2 aromatic carbocycles. The van der Waals surface area contributed by atoms with Crippen molar-refractivity contribution in [2.75, 3.05) is 5.32 Å². The Hall–Kier alpha value is -3.13. The Labute approximate surface area is 141 Å². The van der Waals surface area contributed by atoms with Crippen molar-refractivity contribution >= 4 is 28.9 Å². The lowest BCUT2D eigenvalue weighted by Gasteiger charge is -2.04. The van der Waals surface area contributed by atoms with Gasteiger partial charge in [-0.25, -0.2) is 0 Å². The second-order valence-electron chi connectivity index (χ2n) is 4.84. The van der Waals surface area contributed by atoms with Gasteiger partial charge in [0, 0.05) is 16.3 Å². The summed E-state index contributed by atoms with van der Waals surface area (Å²) in [7, 11) is 0. The van der Waals surface area contributed by atoms with E-state index in [1.165, 1.54) is 4.80 Å². The second kappa shape index (κ2) is 6.97. The van der Waals surface area contributed by atoms with Crippen molar-refractivity contribution in [2.24, 2.45) is 5.18 Å². The summed E-state index contributed by atoms with van der Waals surface area (Å²) in [5.41, 5.74) is 1.57. The van der Waals surface area contributed by atoms with Gasteiger partial charge in [0.1, 0.15) is 12.2 Å². The average molecular weight is 343 g/mol. The summed E-state index contributed by atoms with van der Waals surface area (Å²) in [6.45, 7) is -0.0898. The lowest BCUT2D eigenvalue weighted by molar-refractivity contribution is -0.117. The predicted molar refractivity (Wildman–Crippen MR) is 88.8 cm³/mol. The lowest BCUT2D eigenvalue weighted by Crippen LogP contribution is -2.20. The van der Waals surface area contributed by atoms with Crippen LogP contribution in [0.25, 0.3) is 11.4 Å². The maximum atomic E-state index is 12.0. The van der Waals surface area contributed by atoms with Gasteiger partial charge in [-0.3, -0.25) is 4.79 Å². The minimum atomic E-state index is -0.304. The maximum absolute atomic E-state index is 12.0. The van der Waals surface area contributed by atoms with Crippen LogP contribution in [0.3, 0.4) is 0 Å². The average Bonchev–Trinajstić information content (AvgIpc) is 3.03. The molecule has 1 heterocycles. The highest BCUT2D eigenvalue weighted by Crippen LogP contribution is 2.19. The Balaban J connectivity index is 1.66. The predicted octanol–water partition coefficient (Wildman–Crippen LogP) is 3.03. The van der Waals surface area contributed by atoms with E-state index in [0.717, 1.165) is 0 Å². The Morgan fingerprint density at radius 3 is 2.71 bits per heavy atom. The number of aromatic nitrogens is 4. The minimum absolute atomic E-state index is 0.0898. The van der Waals surface area contributed by atoms with Gasteiger partial charge in [-0.1, -0.05) is 17.7 Å². The van der Waals surface area contributed by atoms with Crippen LogP contribution in [-0.2, 0) is 11.3 Å². The van der Waals surface area contributed by atoms with E-state index in [0.29, 0.717) is 27.8 Å². The number of hydrogen-bond acceptors (Lipinski definition) is 6. The summed E-state index contributed by atoms with van der Waals surface area (Å²) >= 11 is 5.86. The Morgan fingerprint density at radius 1 is 1.21 bits per heavy atom. The molecule has 1 aromatic heterocycles. The molecule has 120 valence electrons. The van der Waals surface area contributed by atoms with E-state index in [-0.39, 0.29) is 12.5 Å². The molecule has 8 nitrogen and oxygen atoms in total. The number of nitrogens with one attached hydrogen (secondary N) is 1. The number of carbonyl (C=O) groups excluding carboxylic acids is 1. The van der Waals surface area contributed by atoms with Gasteiger partial charge in [-0.2, -0.15) is 4.80 Å². The number of anilines is 1. The van der Waals surface area contributed by atoms with Gasteiger partial charge in [0.05, 0.1) is 0 Å². The fraction of sp³-hybridized carbons (Fsp3) is 0.0667. The highest BCUT2D eigenvalue weighted by atomic mass is 35.5. The van der Waals surface area contributed by atoms with Crippen molar-refractivity contribution in [3.63, 3.8) is 0 Å². The van der Waals surface area contributed by atoms with Crippen LogP contribution in [0.4, 0.5) is 11.4 Å². The van der Waals surface area contributed by atoms with Gasteiger partial charge < -0.3 is 5.32 Å². The monoisotopic (exact) mass is 342 g/mol. The van der Waals surface area contributed by atoms with E-state index in [1.54, 1.807) is 48.5 Å². The van der Waals surface area contributed by atoms with Gasteiger partial charge in [0.2, 0.25) is 11.7 Å². The van der Waals surface area contributed by atoms with E-state index >= 15 is 0 Å². The molecule has 0 saturated heterocycles. The molecule has 0 spiro atoms. The lowest BCUT2D eigenvalue weighted by atomic mass is 10.2. The third-order valence-electron chi connectivity index (χ3n) is 3.08. The molecule has 3 aromatic rings. The standard InChI is InChI=1S/C15H11ClN6O2/c16-11-2-1-3-13(8-11)17-14(23)9-22-19-15(18-21-22)10-4-6-12(20-24)7-5-10/h1-8H,9H2,(H,17,23). The molecule has 9 heteroatoms.